The second kappa shape index (κ2) is 5.33. The molecule has 1 aliphatic carbocycles. The molecule has 0 saturated carbocycles. The van der Waals surface area contributed by atoms with Gasteiger partial charge in [-0.2, -0.15) is 0 Å². The van der Waals surface area contributed by atoms with Crippen molar-refractivity contribution in [1.82, 2.24) is 0 Å². The average molecular weight is 158 g/mol. The van der Waals surface area contributed by atoms with Gasteiger partial charge in [0.2, 0.25) is 0 Å². The van der Waals surface area contributed by atoms with E-state index < -0.39 is 0 Å². The fraction of sp³-hybridized carbons (Fsp3) is 0.778. The number of hydrogen-bond donors (Lipinski definition) is 2. The summed E-state index contributed by atoms with van der Waals surface area (Å²) in [7, 11) is 1.00. The predicted octanol–water partition coefficient (Wildman–Crippen LogP) is 1.33. The van der Waals surface area contributed by atoms with E-state index in [1.54, 1.807) is 0 Å². The molecular formula is C9H18O2. The van der Waals surface area contributed by atoms with Crippen molar-refractivity contribution in [2.24, 2.45) is 5.92 Å². The molecule has 0 fully saturated rings. The van der Waals surface area contributed by atoms with Gasteiger partial charge in [-0.3, -0.25) is 0 Å². The van der Waals surface area contributed by atoms with Crippen LogP contribution in [0.5, 0.6) is 0 Å². The molecule has 11 heavy (non-hydrogen) atoms. The molecule has 0 spiro atoms. The maximum absolute atomic E-state index is 9.25. The Balaban J connectivity index is 0.000000461. The predicted molar refractivity (Wildman–Crippen MR) is 46.3 cm³/mol. The topological polar surface area (TPSA) is 40.5 Å². The van der Waals surface area contributed by atoms with Gasteiger partial charge < -0.3 is 10.2 Å². The molecular weight excluding hydrogens is 140 g/mol. The van der Waals surface area contributed by atoms with E-state index in [4.69, 9.17) is 5.11 Å². The summed E-state index contributed by atoms with van der Waals surface area (Å²) in [6.07, 6.45) is 4.09. The van der Waals surface area contributed by atoms with Crippen LogP contribution < -0.4 is 0 Å². The van der Waals surface area contributed by atoms with Crippen molar-refractivity contribution in [3.63, 3.8) is 0 Å². The summed E-state index contributed by atoms with van der Waals surface area (Å²) in [4.78, 5) is 0. The molecule has 2 N–H and O–H groups in total. The van der Waals surface area contributed by atoms with E-state index in [0.29, 0.717) is 5.92 Å². The molecule has 2 heteroatoms. The van der Waals surface area contributed by atoms with Gasteiger partial charge in [-0.1, -0.05) is 18.6 Å². The minimum Gasteiger partial charge on any atom is -0.400 e. The summed E-state index contributed by atoms with van der Waals surface area (Å²) < 4.78 is 0. The van der Waals surface area contributed by atoms with E-state index in [1.807, 2.05) is 0 Å². The zero-order valence-corrected chi connectivity index (χ0v) is 7.54. The van der Waals surface area contributed by atoms with E-state index in [0.717, 1.165) is 20.0 Å². The molecule has 2 unspecified atom stereocenters. The highest BCUT2D eigenvalue weighted by Crippen LogP contribution is 2.21. The van der Waals surface area contributed by atoms with Crippen molar-refractivity contribution in [1.29, 1.82) is 0 Å². The van der Waals surface area contributed by atoms with Gasteiger partial charge in [0.25, 0.3) is 0 Å². The van der Waals surface area contributed by atoms with Crippen molar-refractivity contribution >= 4 is 0 Å². The maximum Gasteiger partial charge on any atom is 0.0603 e. The van der Waals surface area contributed by atoms with Crippen LogP contribution in [0.2, 0.25) is 0 Å². The minimum absolute atomic E-state index is 0.0892. The number of allylic oxidation sites excluding steroid dienone is 1. The van der Waals surface area contributed by atoms with Crippen LogP contribution in [-0.4, -0.2) is 23.4 Å². The highest BCUT2D eigenvalue weighted by molar-refractivity contribution is 5.06. The van der Waals surface area contributed by atoms with Gasteiger partial charge in [0.15, 0.2) is 0 Å². The van der Waals surface area contributed by atoms with Crippen LogP contribution in [0.4, 0.5) is 0 Å². The third kappa shape index (κ3) is 3.54. The first kappa shape index (κ1) is 10.7. The van der Waals surface area contributed by atoms with Gasteiger partial charge in [-0.25, -0.2) is 0 Å². The van der Waals surface area contributed by atoms with Crippen molar-refractivity contribution < 1.29 is 10.2 Å². The van der Waals surface area contributed by atoms with Crippen LogP contribution >= 0.6 is 0 Å². The summed E-state index contributed by atoms with van der Waals surface area (Å²) >= 11 is 0. The second-order valence-corrected chi connectivity index (χ2v) is 2.98. The fourth-order valence-electron chi connectivity index (χ4n) is 1.28. The lowest BCUT2D eigenvalue weighted by Gasteiger charge is -2.21. The summed E-state index contributed by atoms with van der Waals surface area (Å²) in [6, 6.07) is 0. The largest absolute Gasteiger partial charge is 0.400 e. The van der Waals surface area contributed by atoms with Crippen LogP contribution in [0, 0.1) is 5.92 Å². The van der Waals surface area contributed by atoms with E-state index in [-0.39, 0.29) is 6.10 Å². The molecule has 0 saturated heterocycles. The lowest BCUT2D eigenvalue weighted by Crippen LogP contribution is -2.19. The van der Waals surface area contributed by atoms with E-state index in [1.165, 1.54) is 5.57 Å². The Hall–Kier alpha value is -0.340. The molecule has 1 aliphatic rings. The van der Waals surface area contributed by atoms with Crippen molar-refractivity contribution in [2.45, 2.75) is 32.8 Å². The molecule has 0 aliphatic heterocycles. The summed E-state index contributed by atoms with van der Waals surface area (Å²) in [5, 5.41) is 16.3. The smallest absolute Gasteiger partial charge is 0.0603 e. The molecule has 0 aromatic heterocycles. The van der Waals surface area contributed by atoms with Crippen LogP contribution in [0.25, 0.3) is 0 Å². The zero-order chi connectivity index (χ0) is 8.85. The number of aliphatic hydroxyl groups excluding tert-OH is 2. The molecule has 2 nitrogen and oxygen atoms in total. The van der Waals surface area contributed by atoms with E-state index >= 15 is 0 Å². The Labute approximate surface area is 68.6 Å². The third-order valence-corrected chi connectivity index (χ3v) is 1.99. The fourth-order valence-corrected chi connectivity index (χ4v) is 1.28. The number of rotatable bonds is 0. The Morgan fingerprint density at radius 2 is 2.00 bits per heavy atom. The summed E-state index contributed by atoms with van der Waals surface area (Å²) in [6.45, 7) is 4.19. The van der Waals surface area contributed by atoms with Crippen molar-refractivity contribution in [3.8, 4) is 0 Å². The standard InChI is InChI=1S/C8H14O.CH4O/c1-6-3-4-8(9)7(2)5-6;1-2/h5,7-9H,3-4H2,1-2H3;2H,1H3. The maximum atomic E-state index is 9.25. The Morgan fingerprint density at radius 3 is 2.36 bits per heavy atom. The normalized spacial score (nSPS) is 30.1. The molecule has 0 bridgehead atoms. The molecule has 0 aromatic carbocycles. The number of hydrogen-bond acceptors (Lipinski definition) is 2. The van der Waals surface area contributed by atoms with Crippen LogP contribution in [0.15, 0.2) is 11.6 Å². The Morgan fingerprint density at radius 1 is 1.45 bits per heavy atom. The first-order chi connectivity index (χ1) is 5.20. The quantitative estimate of drug-likeness (QED) is 0.522. The third-order valence-electron chi connectivity index (χ3n) is 1.99. The summed E-state index contributed by atoms with van der Waals surface area (Å²) in [5.41, 5.74) is 1.42. The average Bonchev–Trinajstić information content (AvgIpc) is 2.02. The first-order valence-corrected chi connectivity index (χ1v) is 4.00. The van der Waals surface area contributed by atoms with Gasteiger partial charge in [0, 0.05) is 13.0 Å². The van der Waals surface area contributed by atoms with Crippen LogP contribution in [-0.2, 0) is 0 Å². The molecule has 0 heterocycles. The van der Waals surface area contributed by atoms with Crippen molar-refractivity contribution in [2.75, 3.05) is 7.11 Å². The summed E-state index contributed by atoms with van der Waals surface area (Å²) in [5.74, 6) is 0.374. The van der Waals surface area contributed by atoms with Crippen LogP contribution in [0.1, 0.15) is 26.7 Å². The van der Waals surface area contributed by atoms with Crippen LogP contribution in [0.3, 0.4) is 0 Å². The van der Waals surface area contributed by atoms with E-state index in [2.05, 4.69) is 19.9 Å². The lowest BCUT2D eigenvalue weighted by molar-refractivity contribution is 0.122. The molecule has 0 radical (unpaired) electrons. The monoisotopic (exact) mass is 158 g/mol. The Bertz CT molecular complexity index is 130. The lowest BCUT2D eigenvalue weighted by atomic mass is 9.90. The van der Waals surface area contributed by atoms with E-state index in [9.17, 15) is 5.11 Å². The SMILES string of the molecule is CC1=CC(C)C(O)CC1.CO. The van der Waals surface area contributed by atoms with Gasteiger partial charge >= 0.3 is 0 Å². The molecule has 0 aromatic rings. The van der Waals surface area contributed by atoms with Crippen molar-refractivity contribution in [3.05, 3.63) is 11.6 Å². The Kier molecular flexibility index (Phi) is 5.16. The second-order valence-electron chi connectivity index (χ2n) is 2.98. The molecule has 1 rings (SSSR count). The van der Waals surface area contributed by atoms with Gasteiger partial charge in [-0.15, -0.1) is 0 Å². The first-order valence-electron chi connectivity index (χ1n) is 4.00. The van der Waals surface area contributed by atoms with Gasteiger partial charge in [-0.05, 0) is 19.8 Å². The molecule has 2 atom stereocenters. The van der Waals surface area contributed by atoms with Gasteiger partial charge in [0.05, 0.1) is 6.10 Å². The molecule has 66 valence electrons. The highest BCUT2D eigenvalue weighted by Gasteiger charge is 2.15. The number of aliphatic hydroxyl groups is 2. The molecule has 0 amide bonds. The minimum atomic E-state index is -0.0892. The zero-order valence-electron chi connectivity index (χ0n) is 7.54. The highest BCUT2D eigenvalue weighted by atomic mass is 16.3. The van der Waals surface area contributed by atoms with Gasteiger partial charge in [0.1, 0.15) is 0 Å².